The molecule has 8 nitrogen and oxygen atoms in total. The quantitative estimate of drug-likeness (QED) is 0.583. The maximum Gasteiger partial charge on any atom is 0.426 e. The molecule has 19 heavy (non-hydrogen) atoms. The molecule has 0 aliphatic rings. The second-order valence-corrected chi connectivity index (χ2v) is 5.71. The van der Waals surface area contributed by atoms with Crippen LogP contribution in [0.4, 0.5) is 14.4 Å². The van der Waals surface area contributed by atoms with Gasteiger partial charge < -0.3 is 9.47 Å². The van der Waals surface area contributed by atoms with Crippen molar-refractivity contribution in [1.82, 2.24) is 16.2 Å². The lowest BCUT2D eigenvalue weighted by atomic mass is 10.2. The van der Waals surface area contributed by atoms with Crippen LogP contribution in [0.1, 0.15) is 41.5 Å². The fourth-order valence-electron chi connectivity index (χ4n) is 0.839. The van der Waals surface area contributed by atoms with Crippen LogP contribution in [0.5, 0.6) is 0 Å². The van der Waals surface area contributed by atoms with Crippen LogP contribution in [0.2, 0.25) is 0 Å². The predicted octanol–water partition coefficient (Wildman–Crippen LogP) is 1.66. The Morgan fingerprint density at radius 3 is 1.58 bits per heavy atom. The number of carbonyl (C=O) groups is 3. The number of hydrazine groups is 1. The van der Waals surface area contributed by atoms with Crippen molar-refractivity contribution in [1.29, 1.82) is 0 Å². The van der Waals surface area contributed by atoms with E-state index in [2.05, 4.69) is 0 Å². The van der Waals surface area contributed by atoms with Gasteiger partial charge >= 0.3 is 18.2 Å². The molecule has 8 heteroatoms. The summed E-state index contributed by atoms with van der Waals surface area (Å²) < 4.78 is 9.71. The second kappa shape index (κ2) is 6.26. The topological polar surface area (TPSA) is 106 Å². The van der Waals surface area contributed by atoms with Crippen LogP contribution >= 0.6 is 0 Å². The van der Waals surface area contributed by atoms with Crippen LogP contribution in [0.25, 0.3) is 0 Å². The average molecular weight is 275 g/mol. The molecule has 110 valence electrons. The maximum absolute atomic E-state index is 11.2. The third kappa shape index (κ3) is 10.9. The summed E-state index contributed by atoms with van der Waals surface area (Å²) >= 11 is 0. The number of urea groups is 1. The number of rotatable bonds is 0. The van der Waals surface area contributed by atoms with E-state index in [9.17, 15) is 14.4 Å². The van der Waals surface area contributed by atoms with E-state index in [4.69, 9.17) is 9.47 Å². The number of alkyl carbamates (subject to hydrolysis) is 1. The monoisotopic (exact) mass is 275 g/mol. The number of hydrogen-bond donors (Lipinski definition) is 3. The fraction of sp³-hybridized carbons (Fsp3) is 0.727. The highest BCUT2D eigenvalue weighted by Gasteiger charge is 2.19. The number of carbonyl (C=O) groups excluding carboxylic acids is 3. The fourth-order valence-corrected chi connectivity index (χ4v) is 0.839. The normalized spacial score (nSPS) is 11.3. The Morgan fingerprint density at radius 2 is 1.16 bits per heavy atom. The number of nitrogens with one attached hydrogen (secondary N) is 3. The van der Waals surface area contributed by atoms with E-state index in [1.807, 2.05) is 16.2 Å². The summed E-state index contributed by atoms with van der Waals surface area (Å²) in [6, 6.07) is -0.930. The molecule has 0 aromatic carbocycles. The molecular weight excluding hydrogens is 254 g/mol. The zero-order valence-corrected chi connectivity index (χ0v) is 12.0. The van der Waals surface area contributed by atoms with Gasteiger partial charge in [0.15, 0.2) is 0 Å². The Balaban J connectivity index is 4.00. The highest BCUT2D eigenvalue weighted by atomic mass is 16.6. The smallest absolute Gasteiger partial charge is 0.426 e. The standard InChI is InChI=1S/C11H21N3O5/c1-10(2,3)18-8(16)12-7(15)13-14-9(17)19-11(4,5)6/h1-6H3,(H,14,17)(H2,12,13,15,16). The van der Waals surface area contributed by atoms with E-state index < -0.39 is 29.4 Å². The number of amides is 4. The van der Waals surface area contributed by atoms with Crippen molar-refractivity contribution in [2.24, 2.45) is 0 Å². The lowest BCUT2D eigenvalue weighted by Crippen LogP contribution is -2.50. The molecule has 0 bridgehead atoms. The maximum atomic E-state index is 11.2. The number of hydrogen-bond acceptors (Lipinski definition) is 5. The molecule has 0 aromatic rings. The second-order valence-electron chi connectivity index (χ2n) is 5.71. The molecule has 4 amide bonds. The molecule has 0 unspecified atom stereocenters. The Kier molecular flexibility index (Phi) is 5.60. The van der Waals surface area contributed by atoms with Crippen LogP contribution < -0.4 is 16.2 Å². The first-order chi connectivity index (χ1) is 8.39. The summed E-state index contributed by atoms with van der Waals surface area (Å²) in [6.45, 7) is 9.99. The molecule has 0 fully saturated rings. The molecule has 0 radical (unpaired) electrons. The van der Waals surface area contributed by atoms with Crippen molar-refractivity contribution in [2.45, 2.75) is 52.7 Å². The predicted molar refractivity (Wildman–Crippen MR) is 67.3 cm³/mol. The molecule has 0 heterocycles. The Bertz CT molecular complexity index is 354. The van der Waals surface area contributed by atoms with Crippen LogP contribution in [0.3, 0.4) is 0 Å². The average Bonchev–Trinajstić information content (AvgIpc) is 2.08. The van der Waals surface area contributed by atoms with Gasteiger partial charge in [0, 0.05) is 0 Å². The van der Waals surface area contributed by atoms with E-state index in [1.165, 1.54) is 0 Å². The van der Waals surface area contributed by atoms with E-state index in [1.54, 1.807) is 41.5 Å². The minimum Gasteiger partial charge on any atom is -0.443 e. The third-order valence-corrected chi connectivity index (χ3v) is 1.29. The van der Waals surface area contributed by atoms with Gasteiger partial charge in [-0.25, -0.2) is 30.6 Å². The first kappa shape index (κ1) is 17.0. The van der Waals surface area contributed by atoms with Gasteiger partial charge in [-0.3, -0.25) is 0 Å². The molecule has 0 rings (SSSR count). The van der Waals surface area contributed by atoms with Crippen molar-refractivity contribution >= 4 is 18.2 Å². The van der Waals surface area contributed by atoms with Gasteiger partial charge in [-0.2, -0.15) is 0 Å². The Morgan fingerprint density at radius 1 is 0.737 bits per heavy atom. The summed E-state index contributed by atoms with van der Waals surface area (Å²) in [4.78, 5) is 33.6. The zero-order valence-electron chi connectivity index (χ0n) is 12.0. The molecule has 0 aliphatic heterocycles. The Labute approximate surface area is 112 Å². The molecule has 0 saturated heterocycles. The molecular formula is C11H21N3O5. The van der Waals surface area contributed by atoms with Gasteiger partial charge in [0.05, 0.1) is 0 Å². The molecule has 0 atom stereocenters. The molecule has 0 spiro atoms. The van der Waals surface area contributed by atoms with Crippen molar-refractivity contribution in [3.05, 3.63) is 0 Å². The summed E-state index contributed by atoms with van der Waals surface area (Å²) in [7, 11) is 0. The lowest BCUT2D eigenvalue weighted by molar-refractivity contribution is 0.0482. The van der Waals surface area contributed by atoms with Gasteiger partial charge in [-0.15, -0.1) is 0 Å². The van der Waals surface area contributed by atoms with Crippen molar-refractivity contribution in [3.63, 3.8) is 0 Å². The highest BCUT2D eigenvalue weighted by Crippen LogP contribution is 2.06. The van der Waals surface area contributed by atoms with E-state index >= 15 is 0 Å². The number of imide groups is 1. The summed E-state index contributed by atoms with van der Waals surface area (Å²) in [5.74, 6) is 0. The first-order valence-electron chi connectivity index (χ1n) is 5.68. The zero-order chi connectivity index (χ0) is 15.3. The van der Waals surface area contributed by atoms with E-state index in [0.29, 0.717) is 0 Å². The van der Waals surface area contributed by atoms with E-state index in [-0.39, 0.29) is 0 Å². The van der Waals surface area contributed by atoms with Crippen molar-refractivity contribution in [3.8, 4) is 0 Å². The summed E-state index contributed by atoms with van der Waals surface area (Å²) in [6.07, 6.45) is -1.76. The lowest BCUT2D eigenvalue weighted by Gasteiger charge is -2.20. The highest BCUT2D eigenvalue weighted by molar-refractivity contribution is 5.91. The van der Waals surface area contributed by atoms with Gasteiger partial charge in [0.2, 0.25) is 0 Å². The van der Waals surface area contributed by atoms with Crippen molar-refractivity contribution in [2.75, 3.05) is 0 Å². The number of ether oxygens (including phenoxy) is 2. The summed E-state index contributed by atoms with van der Waals surface area (Å²) in [5, 5.41) is 1.87. The first-order valence-corrected chi connectivity index (χ1v) is 5.68. The SMILES string of the molecule is CC(C)(C)OC(=O)NNC(=O)NC(=O)OC(C)(C)C. The summed E-state index contributed by atoms with van der Waals surface area (Å²) in [5.41, 5.74) is 2.52. The van der Waals surface area contributed by atoms with Crippen molar-refractivity contribution < 1.29 is 23.9 Å². The molecule has 0 aliphatic carbocycles. The largest absolute Gasteiger partial charge is 0.443 e. The van der Waals surface area contributed by atoms with Crippen LogP contribution in [0.15, 0.2) is 0 Å². The van der Waals surface area contributed by atoms with Gasteiger partial charge in [-0.1, -0.05) is 0 Å². The van der Waals surface area contributed by atoms with Crippen LogP contribution in [-0.4, -0.2) is 29.4 Å². The minimum absolute atomic E-state index is 0.687. The van der Waals surface area contributed by atoms with Crippen LogP contribution in [0, 0.1) is 0 Å². The van der Waals surface area contributed by atoms with E-state index in [0.717, 1.165) is 0 Å². The Hall–Kier alpha value is -1.99. The molecule has 3 N–H and O–H groups in total. The minimum atomic E-state index is -0.930. The molecule has 0 aromatic heterocycles. The third-order valence-electron chi connectivity index (χ3n) is 1.29. The van der Waals surface area contributed by atoms with Gasteiger partial charge in [-0.05, 0) is 41.5 Å². The van der Waals surface area contributed by atoms with Gasteiger partial charge in [0.25, 0.3) is 0 Å². The molecule has 0 saturated carbocycles. The van der Waals surface area contributed by atoms with Gasteiger partial charge in [0.1, 0.15) is 11.2 Å². The van der Waals surface area contributed by atoms with Crippen LogP contribution in [-0.2, 0) is 9.47 Å².